The molecule has 0 saturated heterocycles. The summed E-state index contributed by atoms with van der Waals surface area (Å²) < 4.78 is 0. The Morgan fingerprint density at radius 2 is 2.00 bits per heavy atom. The number of anilines is 1. The molecule has 0 aliphatic heterocycles. The normalized spacial score (nSPS) is 9.50. The molecule has 1 aromatic carbocycles. The second kappa shape index (κ2) is 4.23. The molecule has 0 saturated carbocycles. The molecule has 0 atom stereocenters. The summed E-state index contributed by atoms with van der Waals surface area (Å²) >= 11 is 3.04. The zero-order valence-corrected chi connectivity index (χ0v) is 7.99. The number of benzene rings is 1. The maximum absolute atomic E-state index is 11.1. The average molecular weight is 229 g/mol. The third kappa shape index (κ3) is 2.06. The van der Waals surface area contributed by atoms with Gasteiger partial charge < -0.3 is 0 Å². The Morgan fingerprint density at radius 1 is 1.42 bits per heavy atom. The van der Waals surface area contributed by atoms with Crippen LogP contribution in [0.3, 0.4) is 0 Å². The number of nitrogens with zero attached hydrogens (tertiary/aromatic N) is 1. The zero-order valence-electron chi connectivity index (χ0n) is 6.40. The molecule has 0 aromatic heterocycles. The van der Waals surface area contributed by atoms with Crippen molar-refractivity contribution < 1.29 is 4.79 Å². The first-order valence-electron chi connectivity index (χ1n) is 3.44. The Labute approximate surface area is 79.3 Å². The van der Waals surface area contributed by atoms with Crippen LogP contribution in [0.1, 0.15) is 0 Å². The van der Waals surface area contributed by atoms with Gasteiger partial charge in [0, 0.05) is 0 Å². The predicted octanol–water partition coefficient (Wildman–Crippen LogP) is 1.29. The Balaban J connectivity index is 2.78. The minimum Gasteiger partial charge on any atom is -0.272 e. The number of rotatable bonds is 2. The maximum Gasteiger partial charge on any atom is 0.251 e. The molecule has 1 rings (SSSR count). The van der Waals surface area contributed by atoms with E-state index in [1.807, 2.05) is 18.2 Å². The quantitative estimate of drug-likeness (QED) is 0.359. The number of nitrogens with two attached hydrogens (primary N) is 1. The van der Waals surface area contributed by atoms with E-state index in [-0.39, 0.29) is 11.2 Å². The van der Waals surface area contributed by atoms with Gasteiger partial charge in [0.2, 0.25) is 0 Å². The number of hydrogen-bond acceptors (Lipinski definition) is 2. The Kier molecular flexibility index (Phi) is 3.25. The van der Waals surface area contributed by atoms with E-state index in [1.54, 1.807) is 12.1 Å². The Morgan fingerprint density at radius 3 is 2.50 bits per heavy atom. The highest BCUT2D eigenvalue weighted by atomic mass is 79.9. The Bertz CT molecular complexity index is 263. The summed E-state index contributed by atoms with van der Waals surface area (Å²) in [5.41, 5.74) is 0.696. The van der Waals surface area contributed by atoms with Crippen LogP contribution in [-0.4, -0.2) is 11.2 Å². The number of para-hydroxylation sites is 1. The molecular weight excluding hydrogens is 220 g/mol. The SMILES string of the molecule is NN(C(=O)CBr)c1ccccc1. The van der Waals surface area contributed by atoms with Crippen molar-refractivity contribution in [2.75, 3.05) is 10.3 Å². The molecule has 4 heteroatoms. The molecule has 0 aliphatic carbocycles. The van der Waals surface area contributed by atoms with Crippen LogP contribution in [0.5, 0.6) is 0 Å². The van der Waals surface area contributed by atoms with Crippen molar-refractivity contribution in [2.24, 2.45) is 5.84 Å². The molecule has 0 fully saturated rings. The molecule has 0 radical (unpaired) electrons. The molecule has 1 aromatic rings. The van der Waals surface area contributed by atoms with Gasteiger partial charge in [-0.2, -0.15) is 0 Å². The Hall–Kier alpha value is -0.870. The van der Waals surface area contributed by atoms with Gasteiger partial charge in [0.1, 0.15) is 0 Å². The topological polar surface area (TPSA) is 46.3 Å². The number of alkyl halides is 1. The number of carbonyl (C=O) groups excluding carboxylic acids is 1. The number of hydrogen-bond donors (Lipinski definition) is 1. The summed E-state index contributed by atoms with van der Waals surface area (Å²) in [5.74, 6) is 5.34. The van der Waals surface area contributed by atoms with E-state index in [4.69, 9.17) is 5.84 Å². The van der Waals surface area contributed by atoms with Gasteiger partial charge >= 0.3 is 0 Å². The maximum atomic E-state index is 11.1. The van der Waals surface area contributed by atoms with Crippen molar-refractivity contribution in [3.63, 3.8) is 0 Å². The predicted molar refractivity (Wildman–Crippen MR) is 51.9 cm³/mol. The average Bonchev–Trinajstić information content (AvgIpc) is 2.17. The second-order valence-electron chi connectivity index (χ2n) is 2.23. The first kappa shape index (κ1) is 9.22. The summed E-state index contributed by atoms with van der Waals surface area (Å²) in [7, 11) is 0. The van der Waals surface area contributed by atoms with Gasteiger partial charge in [-0.15, -0.1) is 0 Å². The van der Waals surface area contributed by atoms with Crippen LogP contribution in [0, 0.1) is 0 Å². The molecule has 12 heavy (non-hydrogen) atoms. The van der Waals surface area contributed by atoms with Crippen LogP contribution in [0.2, 0.25) is 0 Å². The van der Waals surface area contributed by atoms with Gasteiger partial charge in [-0.05, 0) is 12.1 Å². The highest BCUT2D eigenvalue weighted by Gasteiger charge is 2.08. The molecule has 0 aliphatic rings. The molecule has 0 unspecified atom stereocenters. The van der Waals surface area contributed by atoms with Crippen molar-refractivity contribution in [3.05, 3.63) is 30.3 Å². The first-order valence-corrected chi connectivity index (χ1v) is 4.56. The van der Waals surface area contributed by atoms with Gasteiger partial charge in [0.15, 0.2) is 0 Å². The summed E-state index contributed by atoms with van der Waals surface area (Å²) in [6.07, 6.45) is 0. The summed E-state index contributed by atoms with van der Waals surface area (Å²) in [6.45, 7) is 0. The van der Waals surface area contributed by atoms with Crippen molar-refractivity contribution in [2.45, 2.75) is 0 Å². The molecule has 64 valence electrons. The number of carbonyl (C=O) groups is 1. The van der Waals surface area contributed by atoms with E-state index in [9.17, 15) is 4.79 Å². The lowest BCUT2D eigenvalue weighted by Crippen LogP contribution is -2.38. The summed E-state index contributed by atoms with van der Waals surface area (Å²) in [4.78, 5) is 11.1. The van der Waals surface area contributed by atoms with E-state index in [2.05, 4.69) is 15.9 Å². The fraction of sp³-hybridized carbons (Fsp3) is 0.125. The van der Waals surface area contributed by atoms with Crippen LogP contribution in [0.15, 0.2) is 30.3 Å². The van der Waals surface area contributed by atoms with E-state index in [0.717, 1.165) is 5.01 Å². The third-order valence-electron chi connectivity index (χ3n) is 1.42. The molecule has 1 amide bonds. The van der Waals surface area contributed by atoms with Gasteiger partial charge in [-0.25, -0.2) is 10.9 Å². The minimum absolute atomic E-state index is 0.166. The molecular formula is C8H9BrN2O. The summed E-state index contributed by atoms with van der Waals surface area (Å²) in [5, 5.41) is 1.35. The number of halogens is 1. The fourth-order valence-corrected chi connectivity index (χ4v) is 1.07. The van der Waals surface area contributed by atoms with Crippen molar-refractivity contribution in [3.8, 4) is 0 Å². The molecule has 0 heterocycles. The highest BCUT2D eigenvalue weighted by molar-refractivity contribution is 9.09. The van der Waals surface area contributed by atoms with Crippen molar-refractivity contribution in [1.82, 2.24) is 0 Å². The van der Waals surface area contributed by atoms with E-state index in [1.165, 1.54) is 0 Å². The standard InChI is InChI=1S/C8H9BrN2O/c9-6-8(12)11(10)7-4-2-1-3-5-7/h1-5H,6,10H2. The lowest BCUT2D eigenvalue weighted by Gasteiger charge is -2.14. The molecule has 0 spiro atoms. The molecule has 3 nitrogen and oxygen atoms in total. The van der Waals surface area contributed by atoms with Crippen molar-refractivity contribution >= 4 is 27.5 Å². The lowest BCUT2D eigenvalue weighted by molar-refractivity contribution is -0.116. The highest BCUT2D eigenvalue weighted by Crippen LogP contribution is 2.09. The largest absolute Gasteiger partial charge is 0.272 e. The van der Waals surface area contributed by atoms with Crippen molar-refractivity contribution in [1.29, 1.82) is 0 Å². The van der Waals surface area contributed by atoms with Crippen LogP contribution in [-0.2, 0) is 4.79 Å². The van der Waals surface area contributed by atoms with Crippen LogP contribution < -0.4 is 10.9 Å². The van der Waals surface area contributed by atoms with Crippen LogP contribution in [0.4, 0.5) is 5.69 Å². The van der Waals surface area contributed by atoms with E-state index in [0.29, 0.717) is 5.69 Å². The fourth-order valence-electron chi connectivity index (χ4n) is 0.797. The van der Waals surface area contributed by atoms with Crippen LogP contribution >= 0.6 is 15.9 Å². The molecule has 2 N–H and O–H groups in total. The lowest BCUT2D eigenvalue weighted by atomic mass is 10.3. The summed E-state index contributed by atoms with van der Waals surface area (Å²) in [6, 6.07) is 9.09. The minimum atomic E-state index is -0.166. The zero-order chi connectivity index (χ0) is 8.97. The van der Waals surface area contributed by atoms with Gasteiger partial charge in [-0.3, -0.25) is 4.79 Å². The number of hydrazine groups is 1. The number of amides is 1. The second-order valence-corrected chi connectivity index (χ2v) is 2.79. The van der Waals surface area contributed by atoms with Crippen LogP contribution in [0.25, 0.3) is 0 Å². The smallest absolute Gasteiger partial charge is 0.251 e. The van der Waals surface area contributed by atoms with E-state index < -0.39 is 0 Å². The van der Waals surface area contributed by atoms with E-state index >= 15 is 0 Å². The molecule has 0 bridgehead atoms. The van der Waals surface area contributed by atoms with Gasteiger partial charge in [0.05, 0.1) is 11.0 Å². The van der Waals surface area contributed by atoms with Gasteiger partial charge in [-0.1, -0.05) is 34.1 Å². The first-order chi connectivity index (χ1) is 5.75. The monoisotopic (exact) mass is 228 g/mol. The third-order valence-corrected chi connectivity index (χ3v) is 1.90. The van der Waals surface area contributed by atoms with Gasteiger partial charge in [0.25, 0.3) is 5.91 Å².